The fraction of sp³-hybridized carbons (Fsp3) is 0.520. The van der Waals surface area contributed by atoms with Gasteiger partial charge in [0.15, 0.2) is 0 Å². The zero-order valence-corrected chi connectivity index (χ0v) is 19.2. The van der Waals surface area contributed by atoms with Crippen molar-refractivity contribution in [3.8, 4) is 0 Å². The summed E-state index contributed by atoms with van der Waals surface area (Å²) in [6.45, 7) is 5.27. The number of likely N-dealkylation sites (tertiary alicyclic amines) is 1. The van der Waals surface area contributed by atoms with Gasteiger partial charge in [0.1, 0.15) is 6.04 Å². The zero-order valence-electron chi connectivity index (χ0n) is 19.2. The fourth-order valence-electron chi connectivity index (χ4n) is 5.93. The molecule has 0 saturated carbocycles. The third-order valence-corrected chi connectivity index (χ3v) is 7.81. The molecule has 1 aromatic carbocycles. The third-order valence-electron chi connectivity index (χ3n) is 7.81. The Morgan fingerprint density at radius 3 is 2.74 bits per heavy atom. The number of aromatic nitrogens is 2. The molecule has 0 aliphatic carbocycles. The van der Waals surface area contributed by atoms with Gasteiger partial charge in [-0.3, -0.25) is 29.7 Å². The highest BCUT2D eigenvalue weighted by molar-refractivity contribution is 6.05. The average molecular weight is 463 g/mol. The first-order valence-corrected chi connectivity index (χ1v) is 12.3. The Labute approximate surface area is 198 Å². The topological polar surface area (TPSA) is 110 Å². The van der Waals surface area contributed by atoms with Crippen LogP contribution in [0.1, 0.15) is 70.0 Å². The normalized spacial score (nSPS) is 23.7. The molecule has 0 spiro atoms. The molecule has 3 N–H and O–H groups in total. The van der Waals surface area contributed by atoms with E-state index in [-0.39, 0.29) is 24.1 Å². The van der Waals surface area contributed by atoms with Gasteiger partial charge in [-0.15, -0.1) is 0 Å². The first kappa shape index (κ1) is 21.5. The van der Waals surface area contributed by atoms with E-state index in [9.17, 15) is 14.4 Å². The molecule has 3 amide bonds. The number of H-pyrrole nitrogens is 1. The highest BCUT2D eigenvalue weighted by Gasteiger charge is 2.39. The SMILES string of the molecule is O=C1CCC(N2Cc3cc(CN4CCC(c5n[nH]c6c5CNCC6)CC4)ccc3C2=O)C(=O)N1. The van der Waals surface area contributed by atoms with Gasteiger partial charge in [-0.25, -0.2) is 0 Å². The number of hydrogen-bond donors (Lipinski definition) is 3. The molecule has 4 aliphatic heterocycles. The van der Waals surface area contributed by atoms with Crippen LogP contribution < -0.4 is 10.6 Å². The first-order valence-electron chi connectivity index (χ1n) is 12.3. The summed E-state index contributed by atoms with van der Waals surface area (Å²) in [7, 11) is 0. The van der Waals surface area contributed by atoms with E-state index in [2.05, 4.69) is 31.8 Å². The maximum atomic E-state index is 12.9. The summed E-state index contributed by atoms with van der Waals surface area (Å²) in [5, 5.41) is 13.7. The predicted octanol–water partition coefficient (Wildman–Crippen LogP) is 1.20. The first-order chi connectivity index (χ1) is 16.6. The Bertz CT molecular complexity index is 1150. The molecule has 9 nitrogen and oxygen atoms in total. The summed E-state index contributed by atoms with van der Waals surface area (Å²) in [5.74, 6) is -0.237. The molecular weight excluding hydrogens is 432 g/mol. The van der Waals surface area contributed by atoms with Gasteiger partial charge in [0.25, 0.3) is 5.91 Å². The molecule has 5 heterocycles. The molecule has 2 saturated heterocycles. The molecule has 2 fully saturated rings. The van der Waals surface area contributed by atoms with Crippen LogP contribution in [-0.2, 0) is 35.6 Å². The van der Waals surface area contributed by atoms with Gasteiger partial charge in [-0.05, 0) is 49.5 Å². The van der Waals surface area contributed by atoms with Gasteiger partial charge in [0.05, 0.1) is 5.69 Å². The van der Waals surface area contributed by atoms with Gasteiger partial charge in [-0.2, -0.15) is 5.10 Å². The van der Waals surface area contributed by atoms with Crippen LogP contribution in [0.25, 0.3) is 0 Å². The van der Waals surface area contributed by atoms with E-state index in [1.807, 2.05) is 12.1 Å². The van der Waals surface area contributed by atoms with E-state index < -0.39 is 6.04 Å². The van der Waals surface area contributed by atoms with Gasteiger partial charge >= 0.3 is 0 Å². The molecule has 34 heavy (non-hydrogen) atoms. The lowest BCUT2D eigenvalue weighted by molar-refractivity contribution is -0.136. The summed E-state index contributed by atoms with van der Waals surface area (Å²) in [6.07, 6.45) is 3.90. The molecule has 6 rings (SSSR count). The standard InChI is InChI=1S/C25H30N6O3/c32-22-4-3-21(24(33)27-22)31-14-17-11-15(1-2-18(17)25(31)34)13-30-9-6-16(7-10-30)23-19-12-26-8-5-20(19)28-29-23/h1-2,11,16,21,26H,3-10,12-14H2,(H,28,29)(H,27,32,33). The van der Waals surface area contributed by atoms with Crippen LogP contribution in [0.5, 0.6) is 0 Å². The van der Waals surface area contributed by atoms with Gasteiger partial charge in [0.2, 0.25) is 11.8 Å². The minimum atomic E-state index is -0.567. The molecule has 4 aliphatic rings. The van der Waals surface area contributed by atoms with Crippen LogP contribution >= 0.6 is 0 Å². The number of amides is 3. The van der Waals surface area contributed by atoms with Crippen molar-refractivity contribution in [1.29, 1.82) is 0 Å². The average Bonchev–Trinajstić information content (AvgIpc) is 3.41. The molecule has 9 heteroatoms. The van der Waals surface area contributed by atoms with E-state index in [1.165, 1.54) is 22.5 Å². The molecule has 1 aromatic heterocycles. The van der Waals surface area contributed by atoms with E-state index >= 15 is 0 Å². The number of nitrogens with zero attached hydrogens (tertiary/aromatic N) is 3. The summed E-state index contributed by atoms with van der Waals surface area (Å²) in [5.41, 5.74) is 6.77. The van der Waals surface area contributed by atoms with Gasteiger partial charge < -0.3 is 10.2 Å². The van der Waals surface area contributed by atoms with E-state index in [4.69, 9.17) is 0 Å². The molecule has 2 aromatic rings. The van der Waals surface area contributed by atoms with Crippen molar-refractivity contribution < 1.29 is 14.4 Å². The Morgan fingerprint density at radius 1 is 1.06 bits per heavy atom. The number of nitrogens with one attached hydrogen (secondary N) is 3. The minimum absolute atomic E-state index is 0.117. The monoisotopic (exact) mass is 462 g/mol. The van der Waals surface area contributed by atoms with E-state index in [0.717, 1.165) is 57.5 Å². The maximum Gasteiger partial charge on any atom is 0.255 e. The Kier molecular flexibility index (Phi) is 5.45. The van der Waals surface area contributed by atoms with Crippen molar-refractivity contribution in [2.45, 2.75) is 63.7 Å². The second-order valence-corrected chi connectivity index (χ2v) is 9.93. The number of carbonyl (C=O) groups excluding carboxylic acids is 3. The molecular formula is C25H30N6O3. The van der Waals surface area contributed by atoms with Crippen LogP contribution in [0.2, 0.25) is 0 Å². The summed E-state index contributed by atoms with van der Waals surface area (Å²) >= 11 is 0. The van der Waals surface area contributed by atoms with Crippen LogP contribution in [0.3, 0.4) is 0 Å². The minimum Gasteiger partial charge on any atom is -0.322 e. The Balaban J connectivity index is 1.08. The van der Waals surface area contributed by atoms with Crippen LogP contribution in [-0.4, -0.2) is 63.4 Å². The van der Waals surface area contributed by atoms with Crippen molar-refractivity contribution in [2.75, 3.05) is 19.6 Å². The second-order valence-electron chi connectivity index (χ2n) is 9.93. The van der Waals surface area contributed by atoms with Crippen molar-refractivity contribution in [2.24, 2.45) is 0 Å². The number of aromatic amines is 1. The lowest BCUT2D eigenvalue weighted by Crippen LogP contribution is -2.52. The maximum absolute atomic E-state index is 12.9. The van der Waals surface area contributed by atoms with Crippen LogP contribution in [0.15, 0.2) is 18.2 Å². The molecule has 1 atom stereocenters. The number of imide groups is 1. The second kappa shape index (κ2) is 8.63. The van der Waals surface area contributed by atoms with Crippen LogP contribution in [0.4, 0.5) is 0 Å². The lowest BCUT2D eigenvalue weighted by atomic mass is 9.89. The van der Waals surface area contributed by atoms with E-state index in [0.29, 0.717) is 24.4 Å². The number of fused-ring (bicyclic) bond motifs is 2. The summed E-state index contributed by atoms with van der Waals surface area (Å²) in [6, 6.07) is 5.48. The summed E-state index contributed by atoms with van der Waals surface area (Å²) < 4.78 is 0. The van der Waals surface area contributed by atoms with E-state index in [1.54, 1.807) is 4.90 Å². The lowest BCUT2D eigenvalue weighted by Gasteiger charge is -2.32. The van der Waals surface area contributed by atoms with Crippen molar-refractivity contribution in [1.82, 2.24) is 30.6 Å². The molecule has 0 bridgehead atoms. The third kappa shape index (κ3) is 3.82. The molecule has 0 radical (unpaired) electrons. The number of piperidine rings is 2. The molecule has 1 unspecified atom stereocenters. The van der Waals surface area contributed by atoms with Gasteiger partial charge in [0, 0.05) is 61.8 Å². The van der Waals surface area contributed by atoms with Crippen molar-refractivity contribution in [3.63, 3.8) is 0 Å². The predicted molar refractivity (Wildman–Crippen MR) is 124 cm³/mol. The Hall–Kier alpha value is -3.04. The summed E-state index contributed by atoms with van der Waals surface area (Å²) in [4.78, 5) is 40.7. The fourth-order valence-corrected chi connectivity index (χ4v) is 5.93. The number of carbonyl (C=O) groups is 3. The quantitative estimate of drug-likeness (QED) is 0.589. The number of rotatable bonds is 4. The van der Waals surface area contributed by atoms with Crippen molar-refractivity contribution in [3.05, 3.63) is 51.8 Å². The Morgan fingerprint density at radius 2 is 1.91 bits per heavy atom. The molecule has 178 valence electrons. The smallest absolute Gasteiger partial charge is 0.255 e. The zero-order chi connectivity index (χ0) is 23.2. The largest absolute Gasteiger partial charge is 0.322 e. The van der Waals surface area contributed by atoms with Gasteiger partial charge in [-0.1, -0.05) is 12.1 Å². The number of benzene rings is 1. The number of hydrogen-bond acceptors (Lipinski definition) is 6. The highest BCUT2D eigenvalue weighted by Crippen LogP contribution is 2.33. The van der Waals surface area contributed by atoms with Crippen LogP contribution in [0, 0.1) is 0 Å². The van der Waals surface area contributed by atoms with Crippen molar-refractivity contribution >= 4 is 17.7 Å². The highest BCUT2D eigenvalue weighted by atomic mass is 16.2.